The second-order valence-corrected chi connectivity index (χ2v) is 12.8. The number of rotatable bonds is 10. The maximum absolute atomic E-state index is 14.2. The molecule has 0 bridgehead atoms. The molecule has 1 amide bonds. The molecule has 2 aromatic carbocycles. The van der Waals surface area contributed by atoms with Crippen molar-refractivity contribution >= 4 is 34.6 Å². The summed E-state index contributed by atoms with van der Waals surface area (Å²) in [6, 6.07) is 11.6. The van der Waals surface area contributed by atoms with Crippen LogP contribution in [-0.2, 0) is 9.63 Å². The first kappa shape index (κ1) is 32.7. The standard InChI is InChI=1S/C35H45FN8O3/c1-6-35(45)40-28-18-29(32(46-5)19-31(28)42-11-7-26(8-12-42)43-13-9-27(21-43)41(3)4)39-33-20-34(38-22-37-33)44-30(10-14-47-44)24-15-23(2)16-25(36)17-24/h6,15-20,22,26-27,30H,1,7-14,21H2,2-5H3,(H,40,45)(H,37,38,39)/t27-,30+/m0/s1. The second kappa shape index (κ2) is 14.2. The molecule has 0 unspecified atom stereocenters. The van der Waals surface area contributed by atoms with Gasteiger partial charge < -0.3 is 25.2 Å². The number of likely N-dealkylation sites (N-methyl/N-ethyl adjacent to an activating group) is 1. The highest BCUT2D eigenvalue weighted by molar-refractivity contribution is 6.02. The molecular weight excluding hydrogens is 599 g/mol. The van der Waals surface area contributed by atoms with Crippen LogP contribution in [0.25, 0.3) is 0 Å². The number of methoxy groups -OCH3 is 1. The highest BCUT2D eigenvalue weighted by atomic mass is 19.1. The number of nitrogens with one attached hydrogen (secondary N) is 2. The van der Waals surface area contributed by atoms with Crippen molar-refractivity contribution in [3.63, 3.8) is 0 Å². The predicted octanol–water partition coefficient (Wildman–Crippen LogP) is 5.29. The Morgan fingerprint density at radius 1 is 1.06 bits per heavy atom. The van der Waals surface area contributed by atoms with E-state index in [4.69, 9.17) is 9.57 Å². The van der Waals surface area contributed by atoms with Gasteiger partial charge in [0.1, 0.15) is 23.7 Å². The van der Waals surface area contributed by atoms with Gasteiger partial charge in [-0.2, -0.15) is 0 Å². The predicted molar refractivity (Wildman–Crippen MR) is 183 cm³/mol. The molecule has 1 aromatic heterocycles. The van der Waals surface area contributed by atoms with E-state index in [2.05, 4.69) is 56.0 Å². The molecule has 12 heteroatoms. The number of benzene rings is 2. The zero-order chi connectivity index (χ0) is 33.1. The van der Waals surface area contributed by atoms with E-state index in [1.54, 1.807) is 24.3 Å². The Labute approximate surface area is 276 Å². The molecule has 3 fully saturated rings. The first-order chi connectivity index (χ1) is 22.7. The number of anilines is 5. The number of likely N-dealkylation sites (tertiary alicyclic amines) is 1. The number of amides is 1. The molecule has 0 aliphatic carbocycles. The number of halogens is 1. The number of carbonyl (C=O) groups is 1. The molecule has 47 heavy (non-hydrogen) atoms. The molecule has 0 radical (unpaired) electrons. The molecule has 250 valence electrons. The van der Waals surface area contributed by atoms with Crippen molar-refractivity contribution in [1.82, 2.24) is 19.8 Å². The minimum absolute atomic E-state index is 0.189. The first-order valence-electron chi connectivity index (χ1n) is 16.3. The van der Waals surface area contributed by atoms with Crippen LogP contribution in [0, 0.1) is 12.7 Å². The zero-order valence-electron chi connectivity index (χ0n) is 27.7. The van der Waals surface area contributed by atoms with Gasteiger partial charge in [0, 0.05) is 56.8 Å². The van der Waals surface area contributed by atoms with Crippen LogP contribution in [0.2, 0.25) is 0 Å². The SMILES string of the molecule is C=CC(=O)Nc1cc(Nc2cc(N3OCC[C@@H]3c3cc(C)cc(F)c3)ncn2)c(OC)cc1N1CCC(N2CC[C@H](N(C)C)C2)CC1. The van der Waals surface area contributed by atoms with Crippen LogP contribution in [0.4, 0.5) is 33.1 Å². The van der Waals surface area contributed by atoms with Crippen molar-refractivity contribution < 1.29 is 18.8 Å². The smallest absolute Gasteiger partial charge is 0.247 e. The maximum Gasteiger partial charge on any atom is 0.247 e. The fraction of sp³-hybridized carbons (Fsp3) is 0.457. The van der Waals surface area contributed by atoms with E-state index in [-0.39, 0.29) is 17.8 Å². The molecule has 3 aliphatic heterocycles. The summed E-state index contributed by atoms with van der Waals surface area (Å²) in [7, 11) is 5.96. The molecule has 3 aromatic rings. The van der Waals surface area contributed by atoms with Crippen molar-refractivity contribution in [3.05, 3.63) is 72.3 Å². The van der Waals surface area contributed by atoms with Gasteiger partial charge in [-0.05, 0) is 75.7 Å². The molecule has 2 atom stereocenters. The Morgan fingerprint density at radius 3 is 2.57 bits per heavy atom. The van der Waals surface area contributed by atoms with Gasteiger partial charge in [0.25, 0.3) is 0 Å². The van der Waals surface area contributed by atoms with Gasteiger partial charge in [0.15, 0.2) is 5.82 Å². The number of piperidine rings is 1. The summed E-state index contributed by atoms with van der Waals surface area (Å²) < 4.78 is 20.1. The van der Waals surface area contributed by atoms with Gasteiger partial charge in [-0.25, -0.2) is 19.4 Å². The number of aryl methyl sites for hydroxylation is 1. The Balaban J connectivity index is 1.22. The Bertz CT molecular complexity index is 1570. The van der Waals surface area contributed by atoms with Crippen LogP contribution < -0.4 is 25.3 Å². The van der Waals surface area contributed by atoms with Crippen LogP contribution in [0.3, 0.4) is 0 Å². The first-order valence-corrected chi connectivity index (χ1v) is 16.3. The molecule has 0 spiro atoms. The van der Waals surface area contributed by atoms with Gasteiger partial charge in [0.2, 0.25) is 5.91 Å². The maximum atomic E-state index is 14.2. The van der Waals surface area contributed by atoms with E-state index in [1.165, 1.54) is 24.9 Å². The average molecular weight is 645 g/mol. The second-order valence-electron chi connectivity index (χ2n) is 12.8. The van der Waals surface area contributed by atoms with E-state index in [0.29, 0.717) is 53.9 Å². The van der Waals surface area contributed by atoms with Gasteiger partial charge in [0.05, 0.1) is 36.8 Å². The molecule has 3 aliphatic rings. The lowest BCUT2D eigenvalue weighted by atomic mass is 10.0. The van der Waals surface area contributed by atoms with Gasteiger partial charge in [-0.15, -0.1) is 0 Å². The minimum atomic E-state index is -0.293. The largest absolute Gasteiger partial charge is 0.494 e. The Hall–Kier alpha value is -4.26. The van der Waals surface area contributed by atoms with Crippen molar-refractivity contribution in [3.8, 4) is 5.75 Å². The van der Waals surface area contributed by atoms with Crippen LogP contribution in [-0.4, -0.2) is 91.7 Å². The zero-order valence-corrected chi connectivity index (χ0v) is 27.7. The summed E-state index contributed by atoms with van der Waals surface area (Å²) in [6.07, 6.45) is 6.74. The molecule has 3 saturated heterocycles. The molecular formula is C35H45FN8O3. The fourth-order valence-corrected chi connectivity index (χ4v) is 7.00. The summed E-state index contributed by atoms with van der Waals surface area (Å²) in [5.41, 5.74) is 3.86. The average Bonchev–Trinajstić information content (AvgIpc) is 3.76. The van der Waals surface area contributed by atoms with Crippen molar-refractivity contribution in [2.75, 3.05) is 74.6 Å². The van der Waals surface area contributed by atoms with Gasteiger partial charge in [-0.1, -0.05) is 12.6 Å². The number of hydroxylamine groups is 1. The number of hydrogen-bond acceptors (Lipinski definition) is 10. The molecule has 2 N–H and O–H groups in total. The number of nitrogens with zero attached hydrogens (tertiary/aromatic N) is 6. The topological polar surface area (TPSA) is 98.3 Å². The summed E-state index contributed by atoms with van der Waals surface area (Å²) in [6.45, 7) is 10.0. The van der Waals surface area contributed by atoms with E-state index in [9.17, 15) is 9.18 Å². The van der Waals surface area contributed by atoms with Crippen molar-refractivity contribution in [2.24, 2.45) is 0 Å². The van der Waals surface area contributed by atoms with Gasteiger partial charge in [-0.3, -0.25) is 14.5 Å². The lowest BCUT2D eigenvalue weighted by Gasteiger charge is -2.39. The lowest BCUT2D eigenvalue weighted by Crippen LogP contribution is -2.45. The third-order valence-corrected chi connectivity index (χ3v) is 9.50. The quantitative estimate of drug-likeness (QED) is 0.284. The summed E-state index contributed by atoms with van der Waals surface area (Å²) >= 11 is 0. The summed E-state index contributed by atoms with van der Waals surface area (Å²) in [5, 5.41) is 8.07. The highest BCUT2D eigenvalue weighted by Gasteiger charge is 2.33. The molecule has 0 saturated carbocycles. The van der Waals surface area contributed by atoms with Gasteiger partial charge >= 0.3 is 0 Å². The van der Waals surface area contributed by atoms with Crippen LogP contribution >= 0.6 is 0 Å². The third kappa shape index (κ3) is 7.34. The normalized spacial score (nSPS) is 20.6. The Kier molecular flexibility index (Phi) is 9.90. The minimum Gasteiger partial charge on any atom is -0.494 e. The molecule has 11 nitrogen and oxygen atoms in total. The monoisotopic (exact) mass is 644 g/mol. The summed E-state index contributed by atoms with van der Waals surface area (Å²) in [4.78, 5) is 34.7. The third-order valence-electron chi connectivity index (χ3n) is 9.50. The number of carbonyl (C=O) groups excluding carboxylic acids is 1. The van der Waals surface area contributed by atoms with Crippen molar-refractivity contribution in [1.29, 1.82) is 0 Å². The van der Waals surface area contributed by atoms with Crippen LogP contribution in [0.15, 0.2) is 55.4 Å². The summed E-state index contributed by atoms with van der Waals surface area (Å²) in [5.74, 6) is 1.09. The number of hydrogen-bond donors (Lipinski definition) is 2. The lowest BCUT2D eigenvalue weighted by molar-refractivity contribution is -0.111. The van der Waals surface area contributed by atoms with Crippen LogP contribution in [0.5, 0.6) is 5.75 Å². The highest BCUT2D eigenvalue weighted by Crippen LogP contribution is 2.41. The molecule has 4 heterocycles. The molecule has 6 rings (SSSR count). The van der Waals surface area contributed by atoms with Crippen molar-refractivity contribution in [2.45, 2.75) is 50.7 Å². The van der Waals surface area contributed by atoms with E-state index < -0.39 is 0 Å². The number of aromatic nitrogens is 2. The number of ether oxygens (including phenoxy) is 1. The van der Waals surface area contributed by atoms with E-state index in [0.717, 1.165) is 55.8 Å². The van der Waals surface area contributed by atoms with E-state index >= 15 is 0 Å². The fourth-order valence-electron chi connectivity index (χ4n) is 7.00. The van der Waals surface area contributed by atoms with E-state index in [1.807, 2.05) is 25.1 Å². The Morgan fingerprint density at radius 2 is 1.87 bits per heavy atom. The van der Waals surface area contributed by atoms with Crippen LogP contribution in [0.1, 0.15) is 42.9 Å².